The van der Waals surface area contributed by atoms with Gasteiger partial charge in [-0.3, -0.25) is 0 Å². The van der Waals surface area contributed by atoms with Gasteiger partial charge in [0.2, 0.25) is 0 Å². The van der Waals surface area contributed by atoms with Crippen LogP contribution in [0.5, 0.6) is 0 Å². The van der Waals surface area contributed by atoms with Gasteiger partial charge in [0.15, 0.2) is 0 Å². The molecule has 1 aromatic rings. The summed E-state index contributed by atoms with van der Waals surface area (Å²) < 4.78 is 4.77. The van der Waals surface area contributed by atoms with Crippen molar-refractivity contribution in [2.24, 2.45) is 0 Å². The van der Waals surface area contributed by atoms with Gasteiger partial charge >= 0.3 is 5.97 Å². The fourth-order valence-corrected chi connectivity index (χ4v) is 1.33. The van der Waals surface area contributed by atoms with Crippen LogP contribution in [0.15, 0.2) is 36.4 Å². The average molecular weight is 242 g/mol. The summed E-state index contributed by atoms with van der Waals surface area (Å²) in [6.07, 6.45) is 4.75. The van der Waals surface area contributed by atoms with Gasteiger partial charge in [0, 0.05) is 18.1 Å². The van der Waals surface area contributed by atoms with Crippen molar-refractivity contribution in [2.45, 2.75) is 26.7 Å². The zero-order valence-electron chi connectivity index (χ0n) is 10.9. The normalized spacial score (nSPS) is 9.89. The van der Waals surface area contributed by atoms with Gasteiger partial charge < -0.3 is 4.74 Å². The van der Waals surface area contributed by atoms with E-state index in [1.54, 1.807) is 13.0 Å². The molecule has 0 N–H and O–H groups in total. The Morgan fingerprint density at radius 3 is 2.72 bits per heavy atom. The summed E-state index contributed by atoms with van der Waals surface area (Å²) in [7, 11) is 0. The second kappa shape index (κ2) is 8.14. The monoisotopic (exact) mass is 242 g/mol. The minimum atomic E-state index is -0.288. The topological polar surface area (TPSA) is 26.3 Å². The zero-order valence-corrected chi connectivity index (χ0v) is 10.9. The van der Waals surface area contributed by atoms with E-state index in [0.29, 0.717) is 6.61 Å². The fraction of sp³-hybridized carbons (Fsp3) is 0.312. The SMILES string of the molecule is CCOC(=O)/C=C/CCC#Cc1ccc(C)cc1. The summed E-state index contributed by atoms with van der Waals surface area (Å²) in [6, 6.07) is 8.11. The molecule has 0 aromatic heterocycles. The van der Waals surface area contributed by atoms with Crippen molar-refractivity contribution in [2.75, 3.05) is 6.61 Å². The highest BCUT2D eigenvalue weighted by atomic mass is 16.5. The Morgan fingerprint density at radius 2 is 2.06 bits per heavy atom. The number of carbonyl (C=O) groups excluding carboxylic acids is 1. The van der Waals surface area contributed by atoms with Crippen molar-refractivity contribution < 1.29 is 9.53 Å². The third kappa shape index (κ3) is 5.91. The van der Waals surface area contributed by atoms with Crippen LogP contribution in [0.4, 0.5) is 0 Å². The van der Waals surface area contributed by atoms with Crippen LogP contribution in [0.3, 0.4) is 0 Å². The number of esters is 1. The molecule has 0 amide bonds. The maximum atomic E-state index is 11.0. The molecular formula is C16H18O2. The molecule has 0 heterocycles. The van der Waals surface area contributed by atoms with E-state index in [0.717, 1.165) is 18.4 Å². The third-order valence-corrected chi connectivity index (χ3v) is 2.26. The summed E-state index contributed by atoms with van der Waals surface area (Å²) in [6.45, 7) is 4.26. The highest BCUT2D eigenvalue weighted by Crippen LogP contribution is 2.01. The summed E-state index contributed by atoms with van der Waals surface area (Å²) in [5.74, 6) is 5.87. The molecule has 0 aliphatic heterocycles. The number of ether oxygens (including phenoxy) is 1. The van der Waals surface area contributed by atoms with Gasteiger partial charge in [0.25, 0.3) is 0 Å². The molecular weight excluding hydrogens is 224 g/mol. The van der Waals surface area contributed by atoms with E-state index in [2.05, 4.69) is 18.8 Å². The minimum Gasteiger partial charge on any atom is -0.463 e. The number of unbranched alkanes of at least 4 members (excludes halogenated alkanes) is 1. The van der Waals surface area contributed by atoms with Crippen molar-refractivity contribution >= 4 is 5.97 Å². The molecule has 0 saturated carbocycles. The van der Waals surface area contributed by atoms with Crippen molar-refractivity contribution in [1.82, 2.24) is 0 Å². The first kappa shape index (κ1) is 14.1. The molecule has 1 aromatic carbocycles. The highest BCUT2D eigenvalue weighted by Gasteiger charge is 1.91. The standard InChI is InChI=1S/C16H18O2/c1-3-18-16(17)9-7-5-4-6-8-15-12-10-14(2)11-13-15/h7,9-13H,3-5H2,1-2H3/b9-7+. The van der Waals surface area contributed by atoms with Gasteiger partial charge in [-0.1, -0.05) is 35.6 Å². The minimum absolute atomic E-state index is 0.288. The predicted molar refractivity (Wildman–Crippen MR) is 73.1 cm³/mol. The van der Waals surface area contributed by atoms with Crippen LogP contribution in [-0.4, -0.2) is 12.6 Å². The number of benzene rings is 1. The first-order valence-electron chi connectivity index (χ1n) is 6.11. The molecule has 0 unspecified atom stereocenters. The number of allylic oxidation sites excluding steroid dienone is 1. The van der Waals surface area contributed by atoms with Crippen molar-refractivity contribution in [3.8, 4) is 11.8 Å². The Hall–Kier alpha value is -2.01. The Bertz CT molecular complexity index is 458. The van der Waals surface area contributed by atoms with Crippen LogP contribution in [-0.2, 0) is 9.53 Å². The van der Waals surface area contributed by atoms with Gasteiger partial charge in [-0.15, -0.1) is 0 Å². The lowest BCUT2D eigenvalue weighted by Crippen LogP contribution is -1.98. The van der Waals surface area contributed by atoms with Crippen LogP contribution in [0, 0.1) is 18.8 Å². The molecule has 0 aliphatic rings. The molecule has 0 saturated heterocycles. The third-order valence-electron chi connectivity index (χ3n) is 2.26. The quantitative estimate of drug-likeness (QED) is 0.350. The molecule has 0 radical (unpaired) electrons. The molecule has 0 atom stereocenters. The first-order chi connectivity index (χ1) is 8.72. The molecule has 2 heteroatoms. The number of aryl methyl sites for hydroxylation is 1. The van der Waals surface area contributed by atoms with Crippen molar-refractivity contribution in [3.05, 3.63) is 47.5 Å². The lowest BCUT2D eigenvalue weighted by Gasteiger charge is -1.93. The largest absolute Gasteiger partial charge is 0.463 e. The van der Waals surface area contributed by atoms with Crippen LogP contribution >= 0.6 is 0 Å². The van der Waals surface area contributed by atoms with E-state index in [1.807, 2.05) is 24.3 Å². The van der Waals surface area contributed by atoms with Crippen LogP contribution < -0.4 is 0 Å². The second-order valence-corrected chi connectivity index (χ2v) is 3.86. The van der Waals surface area contributed by atoms with E-state index < -0.39 is 0 Å². The van der Waals surface area contributed by atoms with Gasteiger partial charge in [-0.25, -0.2) is 4.79 Å². The second-order valence-electron chi connectivity index (χ2n) is 3.86. The summed E-state index contributed by atoms with van der Waals surface area (Å²) in [5.41, 5.74) is 2.26. The Labute approximate surface area is 109 Å². The summed E-state index contributed by atoms with van der Waals surface area (Å²) >= 11 is 0. The molecule has 1 rings (SSSR count). The van der Waals surface area contributed by atoms with Gasteiger partial charge in [-0.05, 0) is 32.4 Å². The fourth-order valence-electron chi connectivity index (χ4n) is 1.33. The lowest BCUT2D eigenvalue weighted by atomic mass is 10.1. The zero-order chi connectivity index (χ0) is 13.2. The van der Waals surface area contributed by atoms with E-state index in [-0.39, 0.29) is 5.97 Å². The molecule has 0 spiro atoms. The average Bonchev–Trinajstić information content (AvgIpc) is 2.36. The van der Waals surface area contributed by atoms with Crippen LogP contribution in [0.2, 0.25) is 0 Å². The van der Waals surface area contributed by atoms with Crippen molar-refractivity contribution in [3.63, 3.8) is 0 Å². The van der Waals surface area contributed by atoms with Gasteiger partial charge in [-0.2, -0.15) is 0 Å². The van der Waals surface area contributed by atoms with E-state index in [9.17, 15) is 4.79 Å². The van der Waals surface area contributed by atoms with Crippen LogP contribution in [0.1, 0.15) is 30.9 Å². The number of carbonyl (C=O) groups is 1. The number of rotatable bonds is 4. The van der Waals surface area contributed by atoms with E-state index in [1.165, 1.54) is 11.6 Å². The van der Waals surface area contributed by atoms with E-state index in [4.69, 9.17) is 4.74 Å². The highest BCUT2D eigenvalue weighted by molar-refractivity contribution is 5.81. The van der Waals surface area contributed by atoms with Crippen LogP contribution in [0.25, 0.3) is 0 Å². The number of hydrogen-bond donors (Lipinski definition) is 0. The Morgan fingerprint density at radius 1 is 1.33 bits per heavy atom. The summed E-state index contributed by atoms with van der Waals surface area (Å²) in [5, 5.41) is 0. The molecule has 0 bridgehead atoms. The lowest BCUT2D eigenvalue weighted by molar-refractivity contribution is -0.137. The Kier molecular flexibility index (Phi) is 6.35. The smallest absolute Gasteiger partial charge is 0.330 e. The Balaban J connectivity index is 2.30. The maximum Gasteiger partial charge on any atom is 0.330 e. The molecule has 0 aliphatic carbocycles. The van der Waals surface area contributed by atoms with Gasteiger partial charge in [0.1, 0.15) is 0 Å². The summed E-state index contributed by atoms with van der Waals surface area (Å²) in [4.78, 5) is 11.0. The predicted octanol–water partition coefficient (Wildman–Crippen LogP) is 3.25. The number of hydrogen-bond acceptors (Lipinski definition) is 2. The molecule has 94 valence electrons. The molecule has 18 heavy (non-hydrogen) atoms. The van der Waals surface area contributed by atoms with Gasteiger partial charge in [0.05, 0.1) is 6.61 Å². The molecule has 2 nitrogen and oxygen atoms in total. The van der Waals surface area contributed by atoms with E-state index >= 15 is 0 Å². The molecule has 0 fully saturated rings. The van der Waals surface area contributed by atoms with Crippen molar-refractivity contribution in [1.29, 1.82) is 0 Å². The maximum absolute atomic E-state index is 11.0. The first-order valence-corrected chi connectivity index (χ1v) is 6.11.